The summed E-state index contributed by atoms with van der Waals surface area (Å²) in [6, 6.07) is 2.97. The number of halogens is 1. The van der Waals surface area contributed by atoms with Crippen molar-refractivity contribution in [3.05, 3.63) is 32.3 Å². The summed E-state index contributed by atoms with van der Waals surface area (Å²) in [5.74, 6) is 1.68. The van der Waals surface area contributed by atoms with Crippen molar-refractivity contribution in [2.45, 2.75) is 83.8 Å². The Morgan fingerprint density at radius 1 is 1.19 bits per heavy atom. The van der Waals surface area contributed by atoms with Gasteiger partial charge in [-0.05, 0) is 105 Å². The molecule has 0 spiro atoms. The Labute approximate surface area is 229 Å². The van der Waals surface area contributed by atoms with E-state index in [0.717, 1.165) is 64.5 Å². The number of nitrogens with zero attached hydrogens (tertiary/aromatic N) is 5. The number of piperidine rings is 1. The molecular weight excluding hydrogens is 561 g/mol. The Morgan fingerprint density at radius 3 is 2.78 bits per heavy atom. The maximum atomic E-state index is 8.03. The van der Waals surface area contributed by atoms with Gasteiger partial charge in [-0.2, -0.15) is 5.10 Å². The van der Waals surface area contributed by atoms with E-state index in [4.69, 9.17) is 10.5 Å². The predicted octanol–water partition coefficient (Wildman–Crippen LogP) is 5.23. The molecule has 3 unspecified atom stereocenters. The number of pyridine rings is 1. The van der Waals surface area contributed by atoms with Crippen LogP contribution in [0.25, 0.3) is 0 Å². The molecule has 3 fully saturated rings. The van der Waals surface area contributed by atoms with Gasteiger partial charge in [0, 0.05) is 62.3 Å². The van der Waals surface area contributed by atoms with Crippen LogP contribution in [0.5, 0.6) is 0 Å². The van der Waals surface area contributed by atoms with Crippen LogP contribution >= 0.6 is 22.6 Å². The zero-order valence-electron chi connectivity index (χ0n) is 21.8. The number of hydrogen-bond donors (Lipinski definition) is 2. The van der Waals surface area contributed by atoms with E-state index >= 15 is 0 Å². The molecule has 0 aromatic carbocycles. The average Bonchev–Trinajstić information content (AvgIpc) is 3.39. The first kappa shape index (κ1) is 24.6. The van der Waals surface area contributed by atoms with Crippen LogP contribution in [0, 0.1) is 27.4 Å². The van der Waals surface area contributed by atoms with Crippen molar-refractivity contribution < 1.29 is 0 Å². The van der Waals surface area contributed by atoms with E-state index in [-0.39, 0.29) is 0 Å². The van der Waals surface area contributed by atoms with E-state index in [1.165, 1.54) is 81.9 Å². The largest absolute Gasteiger partial charge is 0.373 e. The van der Waals surface area contributed by atoms with Crippen molar-refractivity contribution in [1.29, 1.82) is 5.41 Å². The summed E-state index contributed by atoms with van der Waals surface area (Å²) >= 11 is 2.45. The van der Waals surface area contributed by atoms with E-state index in [1.54, 1.807) is 0 Å². The second-order valence-electron chi connectivity index (χ2n) is 11.7. The monoisotopic (exact) mass is 601 g/mol. The van der Waals surface area contributed by atoms with Crippen LogP contribution in [0.4, 0.5) is 11.5 Å². The van der Waals surface area contributed by atoms with E-state index in [0.29, 0.717) is 5.41 Å². The van der Waals surface area contributed by atoms with Gasteiger partial charge in [-0.1, -0.05) is 6.42 Å². The molecule has 0 radical (unpaired) electrons. The number of aryl methyl sites for hydroxylation is 1. The number of hydrogen-bond acceptors (Lipinski definition) is 6. The van der Waals surface area contributed by atoms with Crippen molar-refractivity contribution in [2.24, 2.45) is 11.3 Å². The van der Waals surface area contributed by atoms with Gasteiger partial charge in [0.15, 0.2) is 0 Å². The summed E-state index contributed by atoms with van der Waals surface area (Å²) in [7, 11) is 1.88. The fraction of sp³-hybridized carbons (Fsp3) is 0.679. The maximum Gasteiger partial charge on any atom is 0.136 e. The standard InChI is InChI=1S/C28H40IN7/c1-19-14-25(21(16-30)27(31-2)32-19)35-13-8-24-22(17-35)26(29)33-36(24)18-28-9-6-20(15-28)23(7-10-28)34-11-4-3-5-12-34/h14,16,20,23,30H,3-13,15,17-18H2,1-2H3,(H,31,32). The fourth-order valence-corrected chi connectivity index (χ4v) is 8.56. The highest BCUT2D eigenvalue weighted by Gasteiger charge is 2.48. The lowest BCUT2D eigenvalue weighted by atomic mass is 9.73. The molecule has 3 atom stereocenters. The lowest BCUT2D eigenvalue weighted by molar-refractivity contribution is 0.0576. The maximum absolute atomic E-state index is 8.03. The molecule has 36 heavy (non-hydrogen) atoms. The van der Waals surface area contributed by atoms with Crippen LogP contribution in [-0.4, -0.2) is 58.6 Å². The molecule has 2 aromatic rings. The van der Waals surface area contributed by atoms with Gasteiger partial charge in [0.1, 0.15) is 9.52 Å². The van der Waals surface area contributed by atoms with Gasteiger partial charge in [0.2, 0.25) is 0 Å². The minimum Gasteiger partial charge on any atom is -0.373 e. The molecule has 2 bridgehead atoms. The van der Waals surface area contributed by atoms with Crippen LogP contribution in [0.2, 0.25) is 0 Å². The average molecular weight is 602 g/mol. The Balaban J connectivity index is 1.20. The van der Waals surface area contributed by atoms with Crippen molar-refractivity contribution in [1.82, 2.24) is 19.7 Å². The summed E-state index contributed by atoms with van der Waals surface area (Å²) < 4.78 is 3.56. The van der Waals surface area contributed by atoms with E-state index in [1.807, 2.05) is 14.0 Å². The van der Waals surface area contributed by atoms with Crippen molar-refractivity contribution >= 4 is 40.3 Å². The molecular formula is C28H40IN7. The molecule has 2 aromatic heterocycles. The molecule has 2 aliphatic heterocycles. The molecule has 2 N–H and O–H groups in total. The first-order valence-corrected chi connectivity index (χ1v) is 15.0. The number of nitrogens with one attached hydrogen (secondary N) is 2. The number of fused-ring (bicyclic) bond motifs is 3. The first-order chi connectivity index (χ1) is 17.5. The highest BCUT2D eigenvalue weighted by molar-refractivity contribution is 14.1. The lowest BCUT2D eigenvalue weighted by Gasteiger charge is -2.44. The number of rotatable bonds is 6. The van der Waals surface area contributed by atoms with Gasteiger partial charge in [-0.15, -0.1) is 0 Å². The van der Waals surface area contributed by atoms with E-state index < -0.39 is 0 Å². The highest BCUT2D eigenvalue weighted by atomic mass is 127. The zero-order valence-corrected chi connectivity index (χ0v) is 24.0. The van der Waals surface area contributed by atoms with Gasteiger partial charge < -0.3 is 20.5 Å². The van der Waals surface area contributed by atoms with Crippen LogP contribution in [0.3, 0.4) is 0 Å². The quantitative estimate of drug-likeness (QED) is 0.351. The summed E-state index contributed by atoms with van der Waals surface area (Å²) in [6.45, 7) is 7.61. The summed E-state index contributed by atoms with van der Waals surface area (Å²) in [5.41, 5.74) is 6.23. The normalized spacial score (nSPS) is 28.2. The van der Waals surface area contributed by atoms with Gasteiger partial charge in [0.05, 0.1) is 11.3 Å². The van der Waals surface area contributed by atoms with Gasteiger partial charge in [0.25, 0.3) is 0 Å². The lowest BCUT2D eigenvalue weighted by Crippen LogP contribution is -2.46. The molecule has 194 valence electrons. The van der Waals surface area contributed by atoms with Gasteiger partial charge >= 0.3 is 0 Å². The third kappa shape index (κ3) is 4.36. The van der Waals surface area contributed by atoms with Crippen LogP contribution in [-0.2, 0) is 19.5 Å². The smallest absolute Gasteiger partial charge is 0.136 e. The van der Waals surface area contributed by atoms with E-state index in [9.17, 15) is 0 Å². The Hall–Kier alpha value is -1.68. The minimum atomic E-state index is 0.453. The Kier molecular flexibility index (Phi) is 6.77. The molecule has 0 amide bonds. The second-order valence-corrected chi connectivity index (χ2v) is 12.7. The Bertz CT molecular complexity index is 1140. The fourth-order valence-electron chi connectivity index (χ4n) is 7.81. The topological polar surface area (TPSA) is 73.1 Å². The minimum absolute atomic E-state index is 0.453. The first-order valence-electron chi connectivity index (χ1n) is 13.9. The molecule has 6 rings (SSSR count). The molecule has 1 saturated heterocycles. The number of aromatic nitrogens is 3. The van der Waals surface area contributed by atoms with Crippen molar-refractivity contribution in [2.75, 3.05) is 36.9 Å². The summed E-state index contributed by atoms with van der Waals surface area (Å²) in [4.78, 5) is 9.86. The zero-order chi connectivity index (χ0) is 24.9. The SMILES string of the molecule is CNc1nc(C)cc(N2CCc3c(c(I)nn3CC34CCC(C3)C(N3CCCCC3)CC4)C2)c1C=N. The Morgan fingerprint density at radius 2 is 2.00 bits per heavy atom. The van der Waals surface area contributed by atoms with Crippen LogP contribution in [0.1, 0.15) is 73.9 Å². The highest BCUT2D eigenvalue weighted by Crippen LogP contribution is 2.54. The third-order valence-electron chi connectivity index (χ3n) is 9.57. The molecule has 8 heteroatoms. The third-order valence-corrected chi connectivity index (χ3v) is 10.4. The van der Waals surface area contributed by atoms with Crippen molar-refractivity contribution in [3.63, 3.8) is 0 Å². The van der Waals surface area contributed by atoms with Crippen LogP contribution < -0.4 is 10.2 Å². The van der Waals surface area contributed by atoms with Crippen LogP contribution in [0.15, 0.2) is 6.07 Å². The van der Waals surface area contributed by atoms with Gasteiger partial charge in [-0.3, -0.25) is 4.68 Å². The summed E-state index contributed by atoms with van der Waals surface area (Å²) in [6.07, 6.45) is 13.6. The number of likely N-dealkylation sites (tertiary alicyclic amines) is 1. The molecule has 4 aliphatic rings. The number of anilines is 2. The van der Waals surface area contributed by atoms with Gasteiger partial charge in [-0.25, -0.2) is 4.98 Å². The predicted molar refractivity (Wildman–Crippen MR) is 154 cm³/mol. The van der Waals surface area contributed by atoms with E-state index in [2.05, 4.69) is 53.4 Å². The molecule has 7 nitrogen and oxygen atoms in total. The molecule has 2 aliphatic carbocycles. The molecule has 4 heterocycles. The molecule has 2 saturated carbocycles. The second kappa shape index (κ2) is 9.89. The summed E-state index contributed by atoms with van der Waals surface area (Å²) in [5, 5.41) is 16.3. The van der Waals surface area contributed by atoms with Crippen molar-refractivity contribution in [3.8, 4) is 0 Å².